The third-order valence-corrected chi connectivity index (χ3v) is 3.61. The molecule has 0 amide bonds. The zero-order chi connectivity index (χ0) is 14.6. The van der Waals surface area contributed by atoms with Crippen LogP contribution in [0.15, 0.2) is 4.52 Å². The van der Waals surface area contributed by atoms with E-state index in [1.807, 2.05) is 6.92 Å². The molecular weight excluding hydrogens is 258 g/mol. The predicted molar refractivity (Wildman–Crippen MR) is 74.0 cm³/mol. The van der Waals surface area contributed by atoms with Gasteiger partial charge in [0, 0.05) is 32.7 Å². The van der Waals surface area contributed by atoms with Crippen LogP contribution in [0.25, 0.3) is 0 Å². The first-order chi connectivity index (χ1) is 9.57. The second-order valence-corrected chi connectivity index (χ2v) is 5.73. The van der Waals surface area contributed by atoms with Crippen LogP contribution in [0.4, 0.5) is 0 Å². The molecule has 1 aromatic heterocycles. The molecule has 6 heteroatoms. The minimum Gasteiger partial charge on any atom is -0.381 e. The lowest BCUT2D eigenvalue weighted by molar-refractivity contribution is -0.118. The second kappa shape index (κ2) is 6.65. The fraction of sp³-hybridized carbons (Fsp3) is 0.857. The highest BCUT2D eigenvalue weighted by Crippen LogP contribution is 2.34. The molecule has 0 bridgehead atoms. The Morgan fingerprint density at radius 3 is 2.65 bits per heavy atom. The van der Waals surface area contributed by atoms with E-state index in [1.54, 1.807) is 0 Å². The highest BCUT2D eigenvalue weighted by molar-refractivity contribution is 5.04. The summed E-state index contributed by atoms with van der Waals surface area (Å²) in [5.74, 6) is 1.60. The Labute approximate surface area is 120 Å². The smallest absolute Gasteiger partial charge is 0.243 e. The minimum absolute atomic E-state index is 0.213. The van der Waals surface area contributed by atoms with E-state index in [-0.39, 0.29) is 6.04 Å². The fourth-order valence-corrected chi connectivity index (χ4v) is 2.59. The Kier molecular flexibility index (Phi) is 5.12. The van der Waals surface area contributed by atoms with Crippen LogP contribution < -0.4 is 5.73 Å². The molecule has 114 valence electrons. The van der Waals surface area contributed by atoms with Crippen molar-refractivity contribution in [2.75, 3.05) is 19.8 Å². The molecule has 1 aliphatic rings. The van der Waals surface area contributed by atoms with Crippen molar-refractivity contribution < 1.29 is 14.0 Å². The Bertz CT molecular complexity index is 408. The van der Waals surface area contributed by atoms with Crippen molar-refractivity contribution in [3.8, 4) is 0 Å². The number of rotatable bonds is 6. The summed E-state index contributed by atoms with van der Waals surface area (Å²) >= 11 is 0. The molecule has 2 rings (SSSR count). The number of ether oxygens (including phenoxy) is 2. The Morgan fingerprint density at radius 2 is 2.05 bits per heavy atom. The molecule has 1 aliphatic heterocycles. The van der Waals surface area contributed by atoms with Crippen LogP contribution in [0.1, 0.15) is 57.8 Å². The molecule has 6 nitrogen and oxygen atoms in total. The molecule has 1 aromatic rings. The van der Waals surface area contributed by atoms with E-state index in [9.17, 15) is 0 Å². The molecule has 0 radical (unpaired) electrons. The molecule has 20 heavy (non-hydrogen) atoms. The van der Waals surface area contributed by atoms with E-state index in [0.717, 1.165) is 19.3 Å². The summed E-state index contributed by atoms with van der Waals surface area (Å²) in [5, 5.41) is 4.11. The van der Waals surface area contributed by atoms with Crippen LogP contribution in [0.5, 0.6) is 0 Å². The van der Waals surface area contributed by atoms with Crippen LogP contribution in [-0.2, 0) is 15.1 Å². The van der Waals surface area contributed by atoms with Gasteiger partial charge in [0.15, 0.2) is 0 Å². The Balaban J connectivity index is 2.16. The minimum atomic E-state index is -0.480. The van der Waals surface area contributed by atoms with E-state index < -0.39 is 5.60 Å². The van der Waals surface area contributed by atoms with Gasteiger partial charge in [0.25, 0.3) is 0 Å². The summed E-state index contributed by atoms with van der Waals surface area (Å²) in [5.41, 5.74) is 5.61. The predicted octanol–water partition coefficient (Wildman–Crippen LogP) is 2.16. The lowest BCUT2D eigenvalue weighted by Gasteiger charge is -2.33. The number of hydrogen-bond acceptors (Lipinski definition) is 6. The van der Waals surface area contributed by atoms with E-state index in [2.05, 4.69) is 24.0 Å². The second-order valence-electron chi connectivity index (χ2n) is 5.73. The molecule has 0 aliphatic carbocycles. The Morgan fingerprint density at radius 1 is 1.35 bits per heavy atom. The maximum absolute atomic E-state index is 6.09. The molecule has 0 aromatic carbocycles. The van der Waals surface area contributed by atoms with Crippen LogP contribution in [0.2, 0.25) is 0 Å². The average molecular weight is 283 g/mol. The maximum Gasteiger partial charge on any atom is 0.243 e. The summed E-state index contributed by atoms with van der Waals surface area (Å²) in [7, 11) is 0. The lowest BCUT2D eigenvalue weighted by Crippen LogP contribution is -2.37. The van der Waals surface area contributed by atoms with Crippen molar-refractivity contribution in [2.24, 2.45) is 11.7 Å². The molecule has 1 atom stereocenters. The molecule has 0 saturated carbocycles. The van der Waals surface area contributed by atoms with E-state index in [1.165, 1.54) is 0 Å². The third-order valence-electron chi connectivity index (χ3n) is 3.61. The number of nitrogens with zero attached hydrogens (tertiary/aromatic N) is 2. The van der Waals surface area contributed by atoms with E-state index in [4.69, 9.17) is 19.7 Å². The summed E-state index contributed by atoms with van der Waals surface area (Å²) in [6, 6.07) is -0.213. The summed E-state index contributed by atoms with van der Waals surface area (Å²) in [6.45, 7) is 8.14. The van der Waals surface area contributed by atoms with Crippen LogP contribution in [0, 0.1) is 5.92 Å². The van der Waals surface area contributed by atoms with Gasteiger partial charge in [0.1, 0.15) is 5.60 Å². The SMILES string of the molecule is CCOC1(c2noc(C(N)CC(C)C)n2)CCOCC1. The van der Waals surface area contributed by atoms with Gasteiger partial charge < -0.3 is 19.7 Å². The highest BCUT2D eigenvalue weighted by Gasteiger charge is 2.40. The zero-order valence-corrected chi connectivity index (χ0v) is 12.6. The Hall–Kier alpha value is -0.980. The van der Waals surface area contributed by atoms with Crippen LogP contribution >= 0.6 is 0 Å². The van der Waals surface area contributed by atoms with Crippen molar-refractivity contribution in [1.29, 1.82) is 0 Å². The van der Waals surface area contributed by atoms with Gasteiger partial charge in [-0.25, -0.2) is 0 Å². The first kappa shape index (κ1) is 15.4. The number of nitrogens with two attached hydrogens (primary N) is 1. The normalized spacial score (nSPS) is 20.2. The van der Waals surface area contributed by atoms with Crippen molar-refractivity contribution in [1.82, 2.24) is 10.1 Å². The largest absolute Gasteiger partial charge is 0.381 e. The monoisotopic (exact) mass is 283 g/mol. The van der Waals surface area contributed by atoms with Gasteiger partial charge in [-0.2, -0.15) is 4.98 Å². The van der Waals surface area contributed by atoms with Gasteiger partial charge in [0.05, 0.1) is 6.04 Å². The quantitative estimate of drug-likeness (QED) is 0.861. The molecular formula is C14H25N3O3. The number of hydrogen-bond donors (Lipinski definition) is 1. The van der Waals surface area contributed by atoms with Gasteiger partial charge in [-0.3, -0.25) is 0 Å². The van der Waals surface area contributed by atoms with Gasteiger partial charge in [-0.1, -0.05) is 19.0 Å². The van der Waals surface area contributed by atoms with E-state index >= 15 is 0 Å². The standard InChI is InChI=1S/C14H25N3O3/c1-4-19-14(5-7-18-8-6-14)13-16-12(20-17-13)11(15)9-10(2)3/h10-11H,4-9,15H2,1-3H3. The fourth-order valence-electron chi connectivity index (χ4n) is 2.59. The van der Waals surface area contributed by atoms with Crippen molar-refractivity contribution in [3.63, 3.8) is 0 Å². The third kappa shape index (κ3) is 3.37. The van der Waals surface area contributed by atoms with Crippen molar-refractivity contribution in [2.45, 2.75) is 51.7 Å². The topological polar surface area (TPSA) is 83.4 Å². The van der Waals surface area contributed by atoms with Gasteiger partial charge in [0.2, 0.25) is 11.7 Å². The van der Waals surface area contributed by atoms with Gasteiger partial charge >= 0.3 is 0 Å². The van der Waals surface area contributed by atoms with Crippen LogP contribution in [-0.4, -0.2) is 30.0 Å². The zero-order valence-electron chi connectivity index (χ0n) is 12.6. The molecule has 2 N–H and O–H groups in total. The molecule has 0 spiro atoms. The lowest BCUT2D eigenvalue weighted by atomic mass is 9.93. The first-order valence-electron chi connectivity index (χ1n) is 7.39. The number of aromatic nitrogens is 2. The molecule has 1 fully saturated rings. The highest BCUT2D eigenvalue weighted by atomic mass is 16.5. The first-order valence-corrected chi connectivity index (χ1v) is 7.39. The summed E-state index contributed by atoms with van der Waals surface area (Å²) < 4.78 is 16.7. The van der Waals surface area contributed by atoms with Crippen molar-refractivity contribution in [3.05, 3.63) is 11.7 Å². The van der Waals surface area contributed by atoms with Gasteiger partial charge in [-0.15, -0.1) is 0 Å². The van der Waals surface area contributed by atoms with E-state index in [0.29, 0.717) is 37.5 Å². The summed E-state index contributed by atoms with van der Waals surface area (Å²) in [4.78, 5) is 4.49. The summed E-state index contributed by atoms with van der Waals surface area (Å²) in [6.07, 6.45) is 2.32. The van der Waals surface area contributed by atoms with Crippen LogP contribution in [0.3, 0.4) is 0 Å². The maximum atomic E-state index is 6.09. The molecule has 1 unspecified atom stereocenters. The molecule has 1 saturated heterocycles. The average Bonchev–Trinajstić information content (AvgIpc) is 2.89. The van der Waals surface area contributed by atoms with Crippen molar-refractivity contribution >= 4 is 0 Å². The van der Waals surface area contributed by atoms with Gasteiger partial charge in [-0.05, 0) is 19.3 Å². The molecule has 2 heterocycles.